The van der Waals surface area contributed by atoms with Crippen LogP contribution < -0.4 is 14.7 Å². The van der Waals surface area contributed by atoms with E-state index >= 15 is 0 Å². The molecule has 4 rings (SSSR count). The number of carbonyl (C=O) groups excluding carboxylic acids is 1. The predicted octanol–water partition coefficient (Wildman–Crippen LogP) is 11.5. The van der Waals surface area contributed by atoms with Crippen molar-refractivity contribution in [1.29, 1.82) is 0 Å². The zero-order valence-corrected chi connectivity index (χ0v) is 38.5. The second-order valence-corrected chi connectivity index (χ2v) is 18.3. The lowest BCUT2D eigenvalue weighted by Gasteiger charge is -2.34. The molecule has 2 atom stereocenters. The summed E-state index contributed by atoms with van der Waals surface area (Å²) in [7, 11) is 0. The summed E-state index contributed by atoms with van der Waals surface area (Å²) in [6, 6.07) is 15.0. The van der Waals surface area contributed by atoms with Crippen molar-refractivity contribution in [3.8, 4) is 0 Å². The first kappa shape index (κ1) is 48.5. The topological polar surface area (TPSA) is 103 Å². The third kappa shape index (κ3) is 12.0. The fourth-order valence-electron chi connectivity index (χ4n) is 9.86. The number of quaternary nitrogens is 1. The minimum absolute atomic E-state index is 0.0347. The van der Waals surface area contributed by atoms with Crippen molar-refractivity contribution in [1.82, 2.24) is 0 Å². The van der Waals surface area contributed by atoms with Crippen molar-refractivity contribution >= 4 is 34.9 Å². The van der Waals surface area contributed by atoms with Gasteiger partial charge in [0.15, 0.2) is 0 Å². The smallest absolute Gasteiger partial charge is 0.309 e. The molecular formula is C52H78N3O5+. The van der Waals surface area contributed by atoms with Gasteiger partial charge >= 0.3 is 11.9 Å². The van der Waals surface area contributed by atoms with Crippen LogP contribution >= 0.6 is 0 Å². The SMILES string of the molecule is CCCCCCN(C(C)=O)c1ccc2c(c1)C(C)(C)C(/C=C/C(=C/C=C1/N(CCC(=O)O)c3ccccc3C1(CCCCCC)CCCCCC)C(C)C)[NH+]2CCC(=O)O. The summed E-state index contributed by atoms with van der Waals surface area (Å²) in [6.45, 7) is 18.8. The summed E-state index contributed by atoms with van der Waals surface area (Å²) in [5.41, 5.74) is 7.46. The van der Waals surface area contributed by atoms with E-state index < -0.39 is 11.9 Å². The van der Waals surface area contributed by atoms with E-state index in [1.165, 1.54) is 55.4 Å². The van der Waals surface area contributed by atoms with Gasteiger partial charge in [-0.05, 0) is 80.5 Å². The van der Waals surface area contributed by atoms with Crippen molar-refractivity contribution in [3.05, 3.63) is 89.2 Å². The molecule has 0 aliphatic carbocycles. The summed E-state index contributed by atoms with van der Waals surface area (Å²) in [5.74, 6) is -1.36. The van der Waals surface area contributed by atoms with Gasteiger partial charge in [-0.2, -0.15) is 0 Å². The molecule has 2 aliphatic rings. The van der Waals surface area contributed by atoms with Gasteiger partial charge in [0.25, 0.3) is 0 Å². The van der Waals surface area contributed by atoms with Gasteiger partial charge in [-0.15, -0.1) is 0 Å². The highest BCUT2D eigenvalue weighted by Crippen LogP contribution is 2.54. The highest BCUT2D eigenvalue weighted by molar-refractivity contribution is 5.92. The summed E-state index contributed by atoms with van der Waals surface area (Å²) >= 11 is 0. The highest BCUT2D eigenvalue weighted by Gasteiger charge is 2.49. The quantitative estimate of drug-likeness (QED) is 0.0645. The van der Waals surface area contributed by atoms with Crippen LogP contribution in [0.4, 0.5) is 17.1 Å². The first-order valence-corrected chi connectivity index (χ1v) is 23.4. The lowest BCUT2D eigenvalue weighted by molar-refractivity contribution is -0.849. The van der Waals surface area contributed by atoms with E-state index in [0.717, 1.165) is 78.9 Å². The van der Waals surface area contributed by atoms with Gasteiger partial charge in [0, 0.05) is 54.1 Å². The Bertz CT molecular complexity index is 1810. The van der Waals surface area contributed by atoms with Crippen molar-refractivity contribution in [2.75, 3.05) is 29.4 Å². The van der Waals surface area contributed by atoms with Gasteiger partial charge in [0.2, 0.25) is 5.91 Å². The van der Waals surface area contributed by atoms with Gasteiger partial charge in [0.1, 0.15) is 11.7 Å². The second-order valence-electron chi connectivity index (χ2n) is 18.3. The molecule has 330 valence electrons. The molecule has 0 bridgehead atoms. The van der Waals surface area contributed by atoms with Crippen LogP contribution in [0.25, 0.3) is 0 Å². The first-order chi connectivity index (χ1) is 28.7. The van der Waals surface area contributed by atoms with E-state index in [0.29, 0.717) is 19.6 Å². The number of para-hydroxylation sites is 1. The Labute approximate surface area is 362 Å². The fraction of sp³-hybridized carbons (Fsp3) is 0.596. The van der Waals surface area contributed by atoms with Crippen molar-refractivity contribution in [2.45, 2.75) is 175 Å². The maximum Gasteiger partial charge on any atom is 0.309 e. The number of aliphatic carboxylic acids is 2. The Morgan fingerprint density at radius 2 is 1.43 bits per heavy atom. The third-order valence-corrected chi connectivity index (χ3v) is 13.3. The van der Waals surface area contributed by atoms with Crippen LogP contribution in [0, 0.1) is 5.92 Å². The average Bonchev–Trinajstić information content (AvgIpc) is 3.59. The van der Waals surface area contributed by atoms with Gasteiger partial charge in [0.05, 0.1) is 24.8 Å². The van der Waals surface area contributed by atoms with Gasteiger partial charge in [-0.25, -0.2) is 0 Å². The van der Waals surface area contributed by atoms with Gasteiger partial charge < -0.3 is 20.0 Å². The van der Waals surface area contributed by atoms with Crippen LogP contribution in [0.15, 0.2) is 78.0 Å². The van der Waals surface area contributed by atoms with Gasteiger partial charge in [-0.3, -0.25) is 19.3 Å². The molecule has 0 radical (unpaired) electrons. The average molecular weight is 825 g/mol. The van der Waals surface area contributed by atoms with Crippen LogP contribution in [0.5, 0.6) is 0 Å². The van der Waals surface area contributed by atoms with Gasteiger partial charge in [-0.1, -0.05) is 136 Å². The summed E-state index contributed by atoms with van der Waals surface area (Å²) in [5, 5.41) is 19.7. The largest absolute Gasteiger partial charge is 0.481 e. The molecule has 8 nitrogen and oxygen atoms in total. The molecular weight excluding hydrogens is 747 g/mol. The summed E-state index contributed by atoms with van der Waals surface area (Å²) in [4.78, 5) is 42.3. The molecule has 60 heavy (non-hydrogen) atoms. The lowest BCUT2D eigenvalue weighted by atomic mass is 9.71. The number of carbonyl (C=O) groups is 3. The minimum atomic E-state index is -0.810. The number of benzene rings is 2. The fourth-order valence-corrected chi connectivity index (χ4v) is 9.86. The molecule has 2 unspecified atom stereocenters. The number of allylic oxidation sites excluding steroid dienone is 5. The predicted molar refractivity (Wildman–Crippen MR) is 249 cm³/mol. The number of hydrogen-bond donors (Lipinski definition) is 3. The Hall–Kier alpha value is -4.17. The number of fused-ring (bicyclic) bond motifs is 2. The Balaban J connectivity index is 1.81. The zero-order chi connectivity index (χ0) is 43.9. The molecule has 2 aromatic rings. The lowest BCUT2D eigenvalue weighted by Crippen LogP contribution is -3.10. The first-order valence-electron chi connectivity index (χ1n) is 23.4. The van der Waals surface area contributed by atoms with Crippen LogP contribution in [0.1, 0.15) is 169 Å². The van der Waals surface area contributed by atoms with Crippen LogP contribution in [-0.4, -0.2) is 53.7 Å². The van der Waals surface area contributed by atoms with Crippen molar-refractivity contribution in [3.63, 3.8) is 0 Å². The second kappa shape index (κ2) is 23.2. The van der Waals surface area contributed by atoms with Crippen LogP contribution in [0.3, 0.4) is 0 Å². The van der Waals surface area contributed by atoms with Crippen LogP contribution in [0.2, 0.25) is 0 Å². The molecule has 0 saturated heterocycles. The third-order valence-electron chi connectivity index (χ3n) is 13.3. The van der Waals surface area contributed by atoms with Crippen molar-refractivity contribution < 1.29 is 29.5 Å². The molecule has 0 saturated carbocycles. The van der Waals surface area contributed by atoms with E-state index in [1.54, 1.807) is 6.92 Å². The van der Waals surface area contributed by atoms with Crippen LogP contribution in [-0.2, 0) is 25.2 Å². The molecule has 2 aliphatic heterocycles. The monoisotopic (exact) mass is 825 g/mol. The molecule has 0 fully saturated rings. The number of unbranched alkanes of at least 4 members (excludes halogenated alkanes) is 9. The number of amides is 1. The number of carboxylic acid groups (broad SMARTS) is 2. The molecule has 2 heterocycles. The Morgan fingerprint density at radius 3 is 2.02 bits per heavy atom. The number of nitrogens with one attached hydrogen (secondary N) is 1. The molecule has 8 heteroatoms. The van der Waals surface area contributed by atoms with E-state index in [2.05, 4.69) is 114 Å². The standard InChI is InChI=1S/C52H77N3O5/c1-9-12-15-20-33-52(34-21-16-13-10-2)43-23-18-19-24-45(43)55(37-32-50(59)60)48(52)30-26-41(39(4)5)25-29-47-51(7,8)44-38-42(53(40(6)56)35-22-17-14-11-3)27-28-46(44)54(47)36-31-49(57)58/h18-19,23-30,38-39,47H,9-17,20-22,31-37H2,1-8H3,(H,57,58)(H,59,60)/p+1/b29-25+,41-26-,48-30+. The normalized spacial score (nSPS) is 18.7. The Morgan fingerprint density at radius 1 is 0.817 bits per heavy atom. The maximum absolute atomic E-state index is 12.9. The minimum Gasteiger partial charge on any atom is -0.481 e. The van der Waals surface area contributed by atoms with E-state index in [9.17, 15) is 24.6 Å². The van der Waals surface area contributed by atoms with Crippen molar-refractivity contribution in [2.24, 2.45) is 5.92 Å². The molecule has 1 amide bonds. The van der Waals surface area contributed by atoms with E-state index in [-0.39, 0.29) is 41.5 Å². The number of anilines is 2. The highest BCUT2D eigenvalue weighted by atomic mass is 16.4. The van der Waals surface area contributed by atoms with E-state index in [1.807, 2.05) is 11.0 Å². The molecule has 0 aromatic heterocycles. The number of carboxylic acids is 2. The Kier molecular flexibility index (Phi) is 18.7. The zero-order valence-electron chi connectivity index (χ0n) is 38.5. The molecule has 2 aromatic carbocycles. The number of nitrogens with zero attached hydrogens (tertiary/aromatic N) is 2. The maximum atomic E-state index is 12.9. The molecule has 3 N–H and O–H groups in total. The summed E-state index contributed by atoms with van der Waals surface area (Å²) < 4.78 is 0. The summed E-state index contributed by atoms with van der Waals surface area (Å²) in [6.07, 6.45) is 25.0. The number of rotatable bonds is 26. The number of hydrogen-bond acceptors (Lipinski definition) is 4. The molecule has 0 spiro atoms. The van der Waals surface area contributed by atoms with E-state index in [4.69, 9.17) is 0 Å².